The minimum Gasteiger partial charge on any atom is -0.342 e. The van der Waals surface area contributed by atoms with Crippen LogP contribution < -0.4 is 4.90 Å². The molecule has 8 heteroatoms. The number of likely N-dealkylation sites (tertiary alicyclic amines) is 2. The van der Waals surface area contributed by atoms with Crippen LogP contribution in [0.2, 0.25) is 10.0 Å². The summed E-state index contributed by atoms with van der Waals surface area (Å²) in [5.74, 6) is 0.507. The zero-order valence-corrected chi connectivity index (χ0v) is 25.4. The Morgan fingerprint density at radius 2 is 1.70 bits per heavy atom. The second-order valence-electron chi connectivity index (χ2n) is 12.0. The average molecular weight is 586 g/mol. The summed E-state index contributed by atoms with van der Waals surface area (Å²) in [6.45, 7) is 7.10. The van der Waals surface area contributed by atoms with Gasteiger partial charge in [-0.15, -0.1) is 0 Å². The Labute approximate surface area is 249 Å². The lowest BCUT2D eigenvalue weighted by Crippen LogP contribution is -2.56. The summed E-state index contributed by atoms with van der Waals surface area (Å²) in [6, 6.07) is 16.3. The Bertz CT molecular complexity index is 1200. The number of nitrogens with zero attached hydrogens (tertiary/aromatic N) is 4. The largest absolute Gasteiger partial charge is 0.342 e. The summed E-state index contributed by atoms with van der Waals surface area (Å²) >= 11 is 12.7. The summed E-state index contributed by atoms with van der Waals surface area (Å²) in [4.78, 5) is 35.0. The molecule has 5 rings (SSSR count). The molecule has 216 valence electrons. The third-order valence-corrected chi connectivity index (χ3v) is 10.2. The zero-order chi connectivity index (χ0) is 28.3. The molecular weight excluding hydrogens is 543 g/mol. The topological polar surface area (TPSA) is 47.1 Å². The first kappa shape index (κ1) is 29.2. The molecule has 2 amide bonds. The van der Waals surface area contributed by atoms with Crippen molar-refractivity contribution in [3.8, 4) is 0 Å². The van der Waals surface area contributed by atoms with Crippen LogP contribution in [0.25, 0.3) is 0 Å². The molecule has 0 aromatic heterocycles. The van der Waals surface area contributed by atoms with E-state index in [1.807, 2.05) is 42.3 Å². The molecule has 3 aliphatic rings. The smallest absolute Gasteiger partial charge is 0.249 e. The molecule has 1 unspecified atom stereocenters. The third kappa shape index (κ3) is 5.73. The van der Waals surface area contributed by atoms with E-state index in [0.29, 0.717) is 23.1 Å². The van der Waals surface area contributed by atoms with E-state index in [4.69, 9.17) is 23.2 Å². The summed E-state index contributed by atoms with van der Waals surface area (Å²) in [6.07, 6.45) is 7.22. The number of carbonyl (C=O) groups excluding carboxylic acids is 2. The van der Waals surface area contributed by atoms with E-state index in [2.05, 4.69) is 39.8 Å². The van der Waals surface area contributed by atoms with Crippen molar-refractivity contribution >= 4 is 40.7 Å². The van der Waals surface area contributed by atoms with E-state index in [9.17, 15) is 9.59 Å². The fourth-order valence-electron chi connectivity index (χ4n) is 7.07. The fraction of sp³-hybridized carbons (Fsp3) is 0.562. The van der Waals surface area contributed by atoms with Gasteiger partial charge in [0.25, 0.3) is 0 Å². The average Bonchev–Trinajstić information content (AvgIpc) is 3.51. The van der Waals surface area contributed by atoms with Crippen LogP contribution in [0.4, 0.5) is 5.69 Å². The quantitative estimate of drug-likeness (QED) is 0.352. The van der Waals surface area contributed by atoms with Crippen LogP contribution in [0.1, 0.15) is 63.9 Å². The molecule has 2 aromatic carbocycles. The van der Waals surface area contributed by atoms with Gasteiger partial charge >= 0.3 is 0 Å². The number of rotatable bonds is 9. The predicted molar refractivity (Wildman–Crippen MR) is 163 cm³/mol. The lowest BCUT2D eigenvalue weighted by molar-refractivity contribution is -0.132. The fourth-order valence-corrected chi connectivity index (χ4v) is 7.37. The number of hydrogen-bond acceptors (Lipinski definition) is 4. The van der Waals surface area contributed by atoms with Gasteiger partial charge in [-0.25, -0.2) is 0 Å². The maximum absolute atomic E-state index is 13.4. The minimum absolute atomic E-state index is 0.110. The van der Waals surface area contributed by atoms with Gasteiger partial charge in [0.2, 0.25) is 11.8 Å². The molecule has 2 aromatic rings. The Kier molecular flexibility index (Phi) is 8.98. The molecule has 0 bridgehead atoms. The van der Waals surface area contributed by atoms with Gasteiger partial charge in [-0.05, 0) is 74.9 Å². The lowest BCUT2D eigenvalue weighted by atomic mass is 9.76. The molecule has 0 saturated carbocycles. The number of carbonyl (C=O) groups is 2. The zero-order valence-electron chi connectivity index (χ0n) is 23.9. The van der Waals surface area contributed by atoms with E-state index in [1.165, 1.54) is 5.56 Å². The number of unbranched alkanes of at least 4 members (excludes halogenated alkanes) is 1. The van der Waals surface area contributed by atoms with Crippen molar-refractivity contribution in [1.29, 1.82) is 0 Å². The Hall–Kier alpha value is -2.28. The normalized spacial score (nSPS) is 23.0. The first-order valence-corrected chi connectivity index (χ1v) is 15.6. The third-order valence-electron chi connectivity index (χ3n) is 9.48. The number of likely N-dealkylation sites (N-methyl/N-ethyl adjacent to an activating group) is 1. The van der Waals surface area contributed by atoms with Crippen LogP contribution in [0, 0.1) is 0 Å². The molecule has 1 atom stereocenters. The Morgan fingerprint density at radius 3 is 2.40 bits per heavy atom. The van der Waals surface area contributed by atoms with Crippen molar-refractivity contribution in [2.75, 3.05) is 51.3 Å². The maximum atomic E-state index is 13.4. The number of halogens is 2. The summed E-state index contributed by atoms with van der Waals surface area (Å²) in [5.41, 5.74) is 1.75. The molecular formula is C32H42Cl2N4O2. The number of hydrogen-bond donors (Lipinski definition) is 0. The molecule has 1 spiro atoms. The summed E-state index contributed by atoms with van der Waals surface area (Å²) < 4.78 is 0. The van der Waals surface area contributed by atoms with Crippen molar-refractivity contribution in [2.45, 2.75) is 69.2 Å². The monoisotopic (exact) mass is 584 g/mol. The van der Waals surface area contributed by atoms with Crippen molar-refractivity contribution < 1.29 is 9.59 Å². The van der Waals surface area contributed by atoms with Crippen LogP contribution in [-0.4, -0.2) is 78.5 Å². The molecule has 3 fully saturated rings. The summed E-state index contributed by atoms with van der Waals surface area (Å²) in [5, 5.41) is 1.14. The van der Waals surface area contributed by atoms with E-state index in [0.717, 1.165) is 83.4 Å². The first-order chi connectivity index (χ1) is 19.3. The molecule has 3 heterocycles. The number of anilines is 1. The number of amides is 2. The highest BCUT2D eigenvalue weighted by Crippen LogP contribution is 2.42. The maximum Gasteiger partial charge on any atom is 0.249 e. The number of piperidine rings is 1. The van der Waals surface area contributed by atoms with E-state index in [-0.39, 0.29) is 17.2 Å². The van der Waals surface area contributed by atoms with Crippen molar-refractivity contribution in [2.24, 2.45) is 0 Å². The molecule has 3 aliphatic heterocycles. The summed E-state index contributed by atoms with van der Waals surface area (Å²) in [7, 11) is 1.92. The minimum atomic E-state index is -0.446. The highest BCUT2D eigenvalue weighted by atomic mass is 35.5. The van der Waals surface area contributed by atoms with Gasteiger partial charge in [-0.3, -0.25) is 9.59 Å². The number of benzene rings is 2. The van der Waals surface area contributed by atoms with Gasteiger partial charge in [0.1, 0.15) is 5.54 Å². The van der Waals surface area contributed by atoms with Gasteiger partial charge in [-0.1, -0.05) is 60.8 Å². The van der Waals surface area contributed by atoms with E-state index >= 15 is 0 Å². The molecule has 0 aliphatic carbocycles. The highest BCUT2D eigenvalue weighted by Gasteiger charge is 2.52. The van der Waals surface area contributed by atoms with Gasteiger partial charge in [0.15, 0.2) is 0 Å². The second-order valence-corrected chi connectivity index (χ2v) is 12.8. The molecule has 3 saturated heterocycles. The first-order valence-electron chi connectivity index (χ1n) is 14.8. The van der Waals surface area contributed by atoms with Crippen LogP contribution >= 0.6 is 23.2 Å². The van der Waals surface area contributed by atoms with Crippen molar-refractivity contribution in [3.05, 3.63) is 64.1 Å². The Morgan fingerprint density at radius 1 is 0.950 bits per heavy atom. The molecule has 40 heavy (non-hydrogen) atoms. The lowest BCUT2D eigenvalue weighted by Gasteiger charge is -2.43. The van der Waals surface area contributed by atoms with Crippen LogP contribution in [0.5, 0.6) is 0 Å². The van der Waals surface area contributed by atoms with Crippen molar-refractivity contribution in [3.63, 3.8) is 0 Å². The van der Waals surface area contributed by atoms with Crippen LogP contribution in [0.15, 0.2) is 48.5 Å². The second kappa shape index (κ2) is 12.3. The predicted octanol–water partition coefficient (Wildman–Crippen LogP) is 6.20. The van der Waals surface area contributed by atoms with Gasteiger partial charge in [0, 0.05) is 50.7 Å². The highest BCUT2D eigenvalue weighted by molar-refractivity contribution is 6.42. The van der Waals surface area contributed by atoms with Crippen LogP contribution in [-0.2, 0) is 15.0 Å². The van der Waals surface area contributed by atoms with Gasteiger partial charge in [-0.2, -0.15) is 0 Å². The van der Waals surface area contributed by atoms with E-state index in [1.54, 1.807) is 0 Å². The molecule has 0 N–H and O–H groups in total. The number of para-hydroxylation sites is 1. The Balaban J connectivity index is 1.24. The van der Waals surface area contributed by atoms with Crippen LogP contribution in [0.3, 0.4) is 0 Å². The van der Waals surface area contributed by atoms with Crippen molar-refractivity contribution in [1.82, 2.24) is 14.7 Å². The SMILES string of the molecule is CCCCC(=O)N1CCC(CCCN2CCC3(CC2)C(=O)N(C)CN3c2ccccc2)(c2ccc(Cl)c(Cl)c2)C1. The molecule has 0 radical (unpaired) electrons. The van der Waals surface area contributed by atoms with E-state index < -0.39 is 5.54 Å². The molecule has 6 nitrogen and oxygen atoms in total. The van der Waals surface area contributed by atoms with Gasteiger partial charge in [0.05, 0.1) is 16.7 Å². The standard InChI is InChI=1S/C32H42Cl2N4O2/c1-3-4-11-29(39)37-21-15-31(23-37,25-12-13-27(33)28(34)22-25)14-8-18-36-19-16-32(17-20-36)30(40)35(2)24-38(32)26-9-6-5-7-10-26/h5-7,9-10,12-13,22H,3-4,8,11,14-21,23-24H2,1-2H3. The van der Waals surface area contributed by atoms with Gasteiger partial charge < -0.3 is 19.6 Å².